The molecule has 0 saturated heterocycles. The summed E-state index contributed by atoms with van der Waals surface area (Å²) in [5.74, 6) is -1.76. The first-order chi connectivity index (χ1) is 18.5. The molecular formula is C30H35FN4O4. The van der Waals surface area contributed by atoms with Crippen LogP contribution >= 0.6 is 0 Å². The maximum Gasteiger partial charge on any atom is 0.250 e. The van der Waals surface area contributed by atoms with Crippen molar-refractivity contribution < 1.29 is 23.9 Å². The van der Waals surface area contributed by atoms with Gasteiger partial charge in [-0.1, -0.05) is 54.6 Å². The van der Waals surface area contributed by atoms with E-state index in [1.165, 1.54) is 35.0 Å². The standard InChI is InChI=1S/C30H35FN4O4/c1-19-16-21(12-15-26(19)36)18-25(28(32)37)34(3)30(39)27(22-8-6-5-7-9-22)35(4)29(38)24(33-2)17-20-10-13-23(31)14-11-20/h5-16,24-25,27,33,36H,17-18H2,1-4H3,(H2,32,37). The number of nitrogens with two attached hydrogens (primary N) is 1. The van der Waals surface area contributed by atoms with Gasteiger partial charge < -0.3 is 26.0 Å². The third kappa shape index (κ3) is 7.20. The molecule has 0 heterocycles. The Balaban J connectivity index is 1.90. The molecule has 0 fully saturated rings. The van der Waals surface area contributed by atoms with Crippen molar-refractivity contribution in [2.75, 3.05) is 21.1 Å². The number of nitrogens with zero attached hydrogens (tertiary/aromatic N) is 2. The van der Waals surface area contributed by atoms with Crippen LogP contribution in [0.5, 0.6) is 5.75 Å². The van der Waals surface area contributed by atoms with Gasteiger partial charge in [-0.15, -0.1) is 0 Å². The number of aryl methyl sites for hydroxylation is 1. The van der Waals surface area contributed by atoms with E-state index >= 15 is 0 Å². The molecule has 0 bridgehead atoms. The van der Waals surface area contributed by atoms with Crippen LogP contribution in [0.25, 0.3) is 0 Å². The number of amides is 3. The number of rotatable bonds is 11. The molecule has 3 amide bonds. The minimum atomic E-state index is -1.03. The number of hydrogen-bond donors (Lipinski definition) is 3. The predicted molar refractivity (Wildman–Crippen MR) is 147 cm³/mol. The number of carbonyl (C=O) groups excluding carboxylic acids is 3. The van der Waals surface area contributed by atoms with Gasteiger partial charge in [0.1, 0.15) is 23.7 Å². The van der Waals surface area contributed by atoms with Gasteiger partial charge in [-0.25, -0.2) is 4.39 Å². The minimum absolute atomic E-state index is 0.128. The molecule has 8 nitrogen and oxygen atoms in total. The topological polar surface area (TPSA) is 116 Å². The molecule has 0 radical (unpaired) electrons. The average Bonchev–Trinajstić information content (AvgIpc) is 2.93. The molecule has 9 heteroatoms. The van der Waals surface area contributed by atoms with E-state index in [1.54, 1.807) is 75.6 Å². The van der Waals surface area contributed by atoms with E-state index in [9.17, 15) is 23.9 Å². The minimum Gasteiger partial charge on any atom is -0.508 e. The van der Waals surface area contributed by atoms with E-state index in [2.05, 4.69) is 5.32 Å². The lowest BCUT2D eigenvalue weighted by Gasteiger charge is -2.35. The SMILES string of the molecule is CNC(Cc1ccc(F)cc1)C(=O)N(C)C(C(=O)N(C)C(Cc1ccc(O)c(C)c1)C(N)=O)c1ccccc1. The maximum atomic E-state index is 14.0. The molecule has 0 saturated carbocycles. The van der Waals surface area contributed by atoms with E-state index in [4.69, 9.17) is 5.73 Å². The Kier molecular flexibility index (Phi) is 9.78. The number of hydrogen-bond acceptors (Lipinski definition) is 5. The Hall–Kier alpha value is -4.24. The summed E-state index contributed by atoms with van der Waals surface area (Å²) in [6, 6.07) is 17.0. The number of nitrogens with one attached hydrogen (secondary N) is 1. The van der Waals surface area contributed by atoms with Crippen LogP contribution in [0.2, 0.25) is 0 Å². The molecule has 3 rings (SSSR count). The molecule has 3 unspecified atom stereocenters. The average molecular weight is 535 g/mol. The van der Waals surface area contributed by atoms with Crippen molar-refractivity contribution in [2.24, 2.45) is 5.73 Å². The highest BCUT2D eigenvalue weighted by atomic mass is 19.1. The number of primary amides is 1. The lowest BCUT2D eigenvalue weighted by molar-refractivity contribution is -0.148. The number of phenolic OH excluding ortho intramolecular Hbond substituents is 1. The van der Waals surface area contributed by atoms with E-state index in [-0.39, 0.29) is 30.3 Å². The van der Waals surface area contributed by atoms with Gasteiger partial charge in [-0.05, 0) is 60.8 Å². The van der Waals surface area contributed by atoms with Crippen LogP contribution in [0.15, 0.2) is 72.8 Å². The summed E-state index contributed by atoms with van der Waals surface area (Å²) in [6.45, 7) is 1.74. The summed E-state index contributed by atoms with van der Waals surface area (Å²) in [5.41, 5.74) is 8.43. The number of halogens is 1. The van der Waals surface area contributed by atoms with Crippen LogP contribution in [-0.2, 0) is 27.2 Å². The number of phenols is 1. The summed E-state index contributed by atoms with van der Waals surface area (Å²) in [5, 5.41) is 12.9. The first-order valence-electron chi connectivity index (χ1n) is 12.6. The zero-order valence-electron chi connectivity index (χ0n) is 22.6. The molecule has 3 atom stereocenters. The van der Waals surface area contributed by atoms with Gasteiger partial charge in [0, 0.05) is 20.5 Å². The normalized spacial score (nSPS) is 13.3. The van der Waals surface area contributed by atoms with Crippen LogP contribution in [0, 0.1) is 12.7 Å². The second-order valence-corrected chi connectivity index (χ2v) is 9.63. The predicted octanol–water partition coefficient (Wildman–Crippen LogP) is 2.72. The van der Waals surface area contributed by atoms with Crippen LogP contribution in [0.4, 0.5) is 4.39 Å². The van der Waals surface area contributed by atoms with Gasteiger partial charge in [0.2, 0.25) is 17.7 Å². The van der Waals surface area contributed by atoms with Gasteiger partial charge in [0.05, 0.1) is 6.04 Å². The Morgan fingerprint density at radius 1 is 0.897 bits per heavy atom. The van der Waals surface area contributed by atoms with E-state index < -0.39 is 29.9 Å². The second-order valence-electron chi connectivity index (χ2n) is 9.63. The molecular weight excluding hydrogens is 499 g/mol. The van der Waals surface area contributed by atoms with E-state index in [0.717, 1.165) is 11.1 Å². The molecule has 3 aromatic rings. The van der Waals surface area contributed by atoms with Crippen LogP contribution in [0.1, 0.15) is 28.3 Å². The lowest BCUT2D eigenvalue weighted by Crippen LogP contribution is -2.53. The molecule has 0 aliphatic rings. The monoisotopic (exact) mass is 534 g/mol. The fourth-order valence-electron chi connectivity index (χ4n) is 4.55. The van der Waals surface area contributed by atoms with Gasteiger partial charge in [-0.2, -0.15) is 0 Å². The zero-order chi connectivity index (χ0) is 28.7. The fraction of sp³-hybridized carbons (Fsp3) is 0.300. The van der Waals surface area contributed by atoms with Crippen molar-refractivity contribution in [3.8, 4) is 5.75 Å². The van der Waals surface area contributed by atoms with Gasteiger partial charge >= 0.3 is 0 Å². The van der Waals surface area contributed by atoms with Crippen molar-refractivity contribution >= 4 is 17.7 Å². The van der Waals surface area contributed by atoms with Crippen LogP contribution in [0.3, 0.4) is 0 Å². The van der Waals surface area contributed by atoms with Crippen molar-refractivity contribution in [1.82, 2.24) is 15.1 Å². The fourth-order valence-corrected chi connectivity index (χ4v) is 4.55. The zero-order valence-corrected chi connectivity index (χ0v) is 22.6. The van der Waals surface area contributed by atoms with Crippen molar-refractivity contribution in [3.05, 3.63) is 101 Å². The highest BCUT2D eigenvalue weighted by Gasteiger charge is 2.37. The summed E-state index contributed by atoms with van der Waals surface area (Å²) in [4.78, 5) is 42.8. The van der Waals surface area contributed by atoms with Crippen molar-refractivity contribution in [1.29, 1.82) is 0 Å². The summed E-state index contributed by atoms with van der Waals surface area (Å²) in [6.07, 6.45) is 0.428. The quantitative estimate of drug-likeness (QED) is 0.350. The maximum absolute atomic E-state index is 14.0. The Labute approximate surface area is 228 Å². The van der Waals surface area contributed by atoms with E-state index in [1.807, 2.05) is 0 Å². The first kappa shape index (κ1) is 29.3. The molecule has 3 aromatic carbocycles. The summed E-state index contributed by atoms with van der Waals surface area (Å²) < 4.78 is 13.4. The van der Waals surface area contributed by atoms with Crippen molar-refractivity contribution in [2.45, 2.75) is 37.9 Å². The highest BCUT2D eigenvalue weighted by Crippen LogP contribution is 2.25. The highest BCUT2D eigenvalue weighted by molar-refractivity contribution is 5.93. The summed E-state index contributed by atoms with van der Waals surface area (Å²) >= 11 is 0. The molecule has 0 spiro atoms. The largest absolute Gasteiger partial charge is 0.508 e. The van der Waals surface area contributed by atoms with Gasteiger partial charge in [-0.3, -0.25) is 14.4 Å². The Morgan fingerprint density at radius 2 is 1.51 bits per heavy atom. The van der Waals surface area contributed by atoms with Crippen LogP contribution in [-0.4, -0.2) is 65.9 Å². The molecule has 206 valence electrons. The number of carbonyl (C=O) groups is 3. The summed E-state index contributed by atoms with van der Waals surface area (Å²) in [7, 11) is 4.69. The van der Waals surface area contributed by atoms with Crippen molar-refractivity contribution in [3.63, 3.8) is 0 Å². The lowest BCUT2D eigenvalue weighted by atomic mass is 9.98. The smallest absolute Gasteiger partial charge is 0.250 e. The molecule has 0 aliphatic carbocycles. The van der Waals surface area contributed by atoms with Gasteiger partial charge in [0.15, 0.2) is 0 Å². The Morgan fingerprint density at radius 3 is 2.08 bits per heavy atom. The molecule has 0 aromatic heterocycles. The number of likely N-dealkylation sites (N-methyl/N-ethyl adjacent to an activating group) is 3. The molecule has 4 N–H and O–H groups in total. The molecule has 39 heavy (non-hydrogen) atoms. The second kappa shape index (κ2) is 13.0. The van der Waals surface area contributed by atoms with E-state index in [0.29, 0.717) is 11.1 Å². The Bertz CT molecular complexity index is 1300. The number of aromatic hydroxyl groups is 1. The first-order valence-corrected chi connectivity index (χ1v) is 12.6. The number of benzene rings is 3. The van der Waals surface area contributed by atoms with Gasteiger partial charge in [0.25, 0.3) is 0 Å². The third-order valence-corrected chi connectivity index (χ3v) is 6.92. The molecule has 0 aliphatic heterocycles. The third-order valence-electron chi connectivity index (χ3n) is 6.92. The van der Waals surface area contributed by atoms with Crippen LogP contribution < -0.4 is 11.1 Å².